The van der Waals surface area contributed by atoms with E-state index in [1.807, 2.05) is 24.3 Å². The maximum atomic E-state index is 12.1. The van der Waals surface area contributed by atoms with Crippen LogP contribution >= 0.6 is 0 Å². The molecule has 0 atom stereocenters. The van der Waals surface area contributed by atoms with Crippen molar-refractivity contribution < 1.29 is 9.59 Å². The number of Topliss-reactive ketones (excluding diaryl/α,β-unsaturated/α-hetero) is 1. The summed E-state index contributed by atoms with van der Waals surface area (Å²) < 4.78 is 0. The summed E-state index contributed by atoms with van der Waals surface area (Å²) in [6.07, 6.45) is 0. The molecule has 0 unspecified atom stereocenters. The van der Waals surface area contributed by atoms with E-state index in [1.165, 1.54) is 6.92 Å². The maximum absolute atomic E-state index is 12.1. The van der Waals surface area contributed by atoms with Crippen LogP contribution in [0.5, 0.6) is 0 Å². The van der Waals surface area contributed by atoms with Crippen molar-refractivity contribution in [2.75, 3.05) is 10.7 Å². The number of carbonyl (C=O) groups is 2. The number of para-hydroxylation sites is 2. The number of anilines is 2. The van der Waals surface area contributed by atoms with Gasteiger partial charge in [0.25, 0.3) is 5.91 Å². The van der Waals surface area contributed by atoms with Crippen LogP contribution in [-0.2, 0) is 9.59 Å². The molecule has 0 spiro atoms. The van der Waals surface area contributed by atoms with Crippen LogP contribution in [0.1, 0.15) is 6.92 Å². The molecule has 0 aromatic heterocycles. The molecule has 0 aliphatic rings. The Morgan fingerprint density at radius 2 is 1.38 bits per heavy atom. The topological polar surface area (TPSA) is 70.6 Å². The van der Waals surface area contributed by atoms with Crippen LogP contribution in [0.25, 0.3) is 0 Å². The summed E-state index contributed by atoms with van der Waals surface area (Å²) >= 11 is 0. The zero-order valence-corrected chi connectivity index (χ0v) is 11.5. The molecule has 0 bridgehead atoms. The van der Waals surface area contributed by atoms with Crippen molar-refractivity contribution in [1.29, 1.82) is 0 Å². The van der Waals surface area contributed by atoms with Crippen molar-refractivity contribution in [2.45, 2.75) is 6.92 Å². The Kier molecular flexibility index (Phi) is 4.82. The lowest BCUT2D eigenvalue weighted by Gasteiger charge is -2.06. The van der Waals surface area contributed by atoms with Gasteiger partial charge in [-0.2, -0.15) is 5.10 Å². The number of benzene rings is 2. The van der Waals surface area contributed by atoms with Gasteiger partial charge < -0.3 is 5.32 Å². The fourth-order valence-corrected chi connectivity index (χ4v) is 1.63. The molecule has 5 nitrogen and oxygen atoms in total. The molecule has 2 N–H and O–H groups in total. The summed E-state index contributed by atoms with van der Waals surface area (Å²) in [4.78, 5) is 23.6. The third-order valence-electron chi connectivity index (χ3n) is 2.65. The summed E-state index contributed by atoms with van der Waals surface area (Å²) in [6.45, 7) is 1.30. The van der Waals surface area contributed by atoms with Gasteiger partial charge in [0.05, 0.1) is 5.69 Å². The SMILES string of the molecule is CC(=O)C(=NNc1ccccc1)C(=O)Nc1ccccc1. The standard InChI is InChI=1S/C16H15N3O2/c1-12(20)15(19-18-14-10-6-3-7-11-14)16(21)17-13-8-4-2-5-9-13/h2-11,18H,1H3,(H,17,21). The molecule has 0 aliphatic heterocycles. The Bertz CT molecular complexity index is 652. The highest BCUT2D eigenvalue weighted by atomic mass is 16.2. The van der Waals surface area contributed by atoms with E-state index < -0.39 is 11.7 Å². The number of hydrogen-bond donors (Lipinski definition) is 2. The summed E-state index contributed by atoms with van der Waals surface area (Å²) in [6, 6.07) is 18.0. The smallest absolute Gasteiger partial charge is 0.279 e. The number of hydrogen-bond acceptors (Lipinski definition) is 4. The van der Waals surface area contributed by atoms with Gasteiger partial charge in [0.1, 0.15) is 0 Å². The van der Waals surface area contributed by atoms with E-state index in [0.717, 1.165) is 0 Å². The van der Waals surface area contributed by atoms with E-state index in [4.69, 9.17) is 0 Å². The zero-order valence-electron chi connectivity index (χ0n) is 11.5. The molecule has 1 amide bonds. The Morgan fingerprint density at radius 3 is 1.90 bits per heavy atom. The van der Waals surface area contributed by atoms with E-state index in [9.17, 15) is 9.59 Å². The van der Waals surface area contributed by atoms with E-state index in [0.29, 0.717) is 11.4 Å². The first-order valence-electron chi connectivity index (χ1n) is 6.43. The number of carbonyl (C=O) groups excluding carboxylic acids is 2. The van der Waals surface area contributed by atoms with Crippen LogP contribution in [0.2, 0.25) is 0 Å². The third kappa shape index (κ3) is 4.28. The summed E-state index contributed by atoms with van der Waals surface area (Å²) in [5, 5.41) is 6.52. The quantitative estimate of drug-likeness (QED) is 0.503. The van der Waals surface area contributed by atoms with Crippen molar-refractivity contribution >= 4 is 28.8 Å². The van der Waals surface area contributed by atoms with Crippen LogP contribution in [0.15, 0.2) is 65.8 Å². The van der Waals surface area contributed by atoms with E-state index in [-0.39, 0.29) is 5.71 Å². The lowest BCUT2D eigenvalue weighted by Crippen LogP contribution is -2.29. The summed E-state index contributed by atoms with van der Waals surface area (Å²) in [7, 11) is 0. The van der Waals surface area contributed by atoms with Crippen LogP contribution in [0, 0.1) is 0 Å². The Morgan fingerprint density at radius 1 is 0.857 bits per heavy atom. The fourth-order valence-electron chi connectivity index (χ4n) is 1.63. The average Bonchev–Trinajstić information content (AvgIpc) is 2.49. The number of rotatable bonds is 5. The largest absolute Gasteiger partial charge is 0.320 e. The highest BCUT2D eigenvalue weighted by Gasteiger charge is 2.16. The maximum Gasteiger partial charge on any atom is 0.279 e. The zero-order chi connectivity index (χ0) is 15.1. The molecular formula is C16H15N3O2. The molecule has 21 heavy (non-hydrogen) atoms. The molecule has 2 aromatic rings. The Hall–Kier alpha value is -2.95. The fraction of sp³-hybridized carbons (Fsp3) is 0.0625. The molecule has 0 saturated heterocycles. The highest BCUT2D eigenvalue weighted by Crippen LogP contribution is 2.07. The molecule has 5 heteroatoms. The molecule has 0 fully saturated rings. The van der Waals surface area contributed by atoms with Gasteiger partial charge >= 0.3 is 0 Å². The van der Waals surface area contributed by atoms with Gasteiger partial charge in [0, 0.05) is 12.6 Å². The van der Waals surface area contributed by atoms with Gasteiger partial charge in [-0.3, -0.25) is 15.0 Å². The molecular weight excluding hydrogens is 266 g/mol. The molecule has 0 heterocycles. The van der Waals surface area contributed by atoms with Gasteiger partial charge in [-0.15, -0.1) is 0 Å². The van der Waals surface area contributed by atoms with Crippen molar-refractivity contribution in [3.05, 3.63) is 60.7 Å². The Balaban J connectivity index is 2.11. The van der Waals surface area contributed by atoms with Gasteiger partial charge in [0.15, 0.2) is 11.5 Å². The predicted octanol–water partition coefficient (Wildman–Crippen LogP) is 2.68. The lowest BCUT2D eigenvalue weighted by molar-refractivity contribution is -0.114. The molecule has 2 rings (SSSR count). The second kappa shape index (κ2) is 7.00. The minimum atomic E-state index is -0.544. The minimum Gasteiger partial charge on any atom is -0.320 e. The van der Waals surface area contributed by atoms with Crippen LogP contribution in [0.3, 0.4) is 0 Å². The number of amides is 1. The first-order chi connectivity index (χ1) is 10.2. The molecule has 0 saturated carbocycles. The van der Waals surface area contributed by atoms with E-state index >= 15 is 0 Å². The van der Waals surface area contributed by atoms with Crippen LogP contribution in [-0.4, -0.2) is 17.4 Å². The lowest BCUT2D eigenvalue weighted by atomic mass is 10.2. The molecule has 106 valence electrons. The van der Waals surface area contributed by atoms with Crippen molar-refractivity contribution in [3.63, 3.8) is 0 Å². The molecule has 2 aromatic carbocycles. The normalized spacial score (nSPS) is 10.8. The highest BCUT2D eigenvalue weighted by molar-refractivity contribution is 6.67. The molecule has 0 aliphatic carbocycles. The van der Waals surface area contributed by atoms with Crippen LogP contribution < -0.4 is 10.7 Å². The van der Waals surface area contributed by atoms with Crippen molar-refractivity contribution in [2.24, 2.45) is 5.10 Å². The average molecular weight is 281 g/mol. The summed E-state index contributed by atoms with van der Waals surface area (Å²) in [5.41, 5.74) is 3.83. The van der Waals surface area contributed by atoms with Gasteiger partial charge in [-0.1, -0.05) is 36.4 Å². The van der Waals surface area contributed by atoms with Gasteiger partial charge in [0.2, 0.25) is 0 Å². The van der Waals surface area contributed by atoms with Gasteiger partial charge in [-0.25, -0.2) is 0 Å². The second-order valence-electron chi connectivity index (χ2n) is 4.31. The summed E-state index contributed by atoms with van der Waals surface area (Å²) in [5.74, 6) is -0.955. The Labute approximate surface area is 122 Å². The first kappa shape index (κ1) is 14.5. The third-order valence-corrected chi connectivity index (χ3v) is 2.65. The number of nitrogens with zero attached hydrogens (tertiary/aromatic N) is 1. The predicted molar refractivity (Wildman–Crippen MR) is 83.3 cm³/mol. The minimum absolute atomic E-state index is 0.178. The number of ketones is 1. The van der Waals surface area contributed by atoms with E-state index in [2.05, 4.69) is 15.8 Å². The second-order valence-corrected chi connectivity index (χ2v) is 4.31. The molecule has 0 radical (unpaired) electrons. The van der Waals surface area contributed by atoms with Crippen LogP contribution in [0.4, 0.5) is 11.4 Å². The van der Waals surface area contributed by atoms with Gasteiger partial charge in [-0.05, 0) is 24.3 Å². The van der Waals surface area contributed by atoms with E-state index in [1.54, 1.807) is 36.4 Å². The number of hydrazone groups is 1. The first-order valence-corrected chi connectivity index (χ1v) is 6.43. The number of nitrogens with one attached hydrogen (secondary N) is 2. The van der Waals surface area contributed by atoms with Crippen molar-refractivity contribution in [1.82, 2.24) is 0 Å². The van der Waals surface area contributed by atoms with Crippen molar-refractivity contribution in [3.8, 4) is 0 Å². The monoisotopic (exact) mass is 281 g/mol.